The molecule has 0 aliphatic rings. The highest BCUT2D eigenvalue weighted by molar-refractivity contribution is 5.56. The summed E-state index contributed by atoms with van der Waals surface area (Å²) in [7, 11) is 0. The van der Waals surface area contributed by atoms with E-state index in [0.29, 0.717) is 6.42 Å². The number of nitrogens with two attached hydrogens (primary N) is 1. The van der Waals surface area contributed by atoms with E-state index in [9.17, 15) is 15.2 Å². The highest BCUT2D eigenvalue weighted by Crippen LogP contribution is 2.22. The molecule has 0 aliphatic heterocycles. The number of hydrogen-bond donors (Lipinski definition) is 3. The minimum Gasteiger partial charge on any atom is -0.388 e. The summed E-state index contributed by atoms with van der Waals surface area (Å²) < 4.78 is 0. The smallest absolute Gasteiger partial charge is 0.329 e. The number of anilines is 2. The summed E-state index contributed by atoms with van der Waals surface area (Å²) >= 11 is 0. The highest BCUT2D eigenvalue weighted by atomic mass is 16.6. The molecule has 0 aliphatic carbocycles. The second-order valence-electron chi connectivity index (χ2n) is 4.32. The van der Waals surface area contributed by atoms with Crippen molar-refractivity contribution in [1.82, 2.24) is 9.97 Å². The average Bonchev–Trinajstić information content (AvgIpc) is 2.26. The molecule has 1 atom stereocenters. The molecule has 4 N–H and O–H groups in total. The number of rotatable bonds is 6. The van der Waals surface area contributed by atoms with Crippen LogP contribution in [0.4, 0.5) is 17.5 Å². The number of nitrogens with zero attached hydrogens (tertiary/aromatic N) is 3. The number of nitro groups is 1. The summed E-state index contributed by atoms with van der Waals surface area (Å²) in [5, 5.41) is 23.5. The van der Waals surface area contributed by atoms with Crippen LogP contribution in [0.25, 0.3) is 0 Å². The van der Waals surface area contributed by atoms with Gasteiger partial charge in [0.05, 0.1) is 10.5 Å². The third-order valence-corrected chi connectivity index (χ3v) is 2.41. The van der Waals surface area contributed by atoms with Crippen molar-refractivity contribution in [3.8, 4) is 0 Å². The SMILES string of the molecule is CCCC(C)(O)CNc1nc(N)ncc1[N+](=O)[O-]. The first kappa shape index (κ1) is 14.1. The van der Waals surface area contributed by atoms with E-state index in [1.54, 1.807) is 6.92 Å². The minimum atomic E-state index is -0.956. The van der Waals surface area contributed by atoms with Crippen molar-refractivity contribution in [3.63, 3.8) is 0 Å². The molecule has 1 aromatic heterocycles. The van der Waals surface area contributed by atoms with Crippen molar-refractivity contribution in [2.75, 3.05) is 17.6 Å². The van der Waals surface area contributed by atoms with Gasteiger partial charge in [-0.15, -0.1) is 0 Å². The molecule has 0 aromatic carbocycles. The number of nitrogens with one attached hydrogen (secondary N) is 1. The molecule has 100 valence electrons. The molecule has 18 heavy (non-hydrogen) atoms. The maximum Gasteiger partial charge on any atom is 0.329 e. The van der Waals surface area contributed by atoms with Crippen molar-refractivity contribution in [3.05, 3.63) is 16.3 Å². The Morgan fingerprint density at radius 2 is 2.33 bits per heavy atom. The van der Waals surface area contributed by atoms with Crippen molar-refractivity contribution in [2.45, 2.75) is 32.3 Å². The molecule has 0 amide bonds. The molecule has 1 unspecified atom stereocenters. The van der Waals surface area contributed by atoms with E-state index in [-0.39, 0.29) is 24.0 Å². The number of nitrogen functional groups attached to an aromatic ring is 1. The Morgan fingerprint density at radius 1 is 1.67 bits per heavy atom. The molecule has 1 heterocycles. The van der Waals surface area contributed by atoms with Crippen LogP contribution >= 0.6 is 0 Å². The predicted molar refractivity (Wildman–Crippen MR) is 67.1 cm³/mol. The maximum absolute atomic E-state index is 10.8. The Balaban J connectivity index is 2.83. The molecule has 0 saturated carbocycles. The van der Waals surface area contributed by atoms with Crippen LogP contribution in [0, 0.1) is 10.1 Å². The van der Waals surface area contributed by atoms with Crippen molar-refractivity contribution in [2.24, 2.45) is 0 Å². The zero-order valence-electron chi connectivity index (χ0n) is 10.4. The molecular formula is C10H17N5O3. The van der Waals surface area contributed by atoms with E-state index < -0.39 is 10.5 Å². The van der Waals surface area contributed by atoms with E-state index >= 15 is 0 Å². The van der Waals surface area contributed by atoms with Gasteiger partial charge < -0.3 is 16.2 Å². The topological polar surface area (TPSA) is 127 Å². The summed E-state index contributed by atoms with van der Waals surface area (Å²) in [5.74, 6) is -0.0397. The van der Waals surface area contributed by atoms with Gasteiger partial charge in [0.1, 0.15) is 6.20 Å². The molecule has 1 rings (SSSR count). The summed E-state index contributed by atoms with van der Waals surface area (Å²) in [6.45, 7) is 3.75. The molecule has 1 aromatic rings. The quantitative estimate of drug-likeness (QED) is 0.509. The molecular weight excluding hydrogens is 238 g/mol. The zero-order chi connectivity index (χ0) is 13.8. The second-order valence-corrected chi connectivity index (χ2v) is 4.32. The Hall–Kier alpha value is -1.96. The van der Waals surface area contributed by atoms with Gasteiger partial charge in [0.25, 0.3) is 0 Å². The Labute approximate surface area is 104 Å². The van der Waals surface area contributed by atoms with Crippen molar-refractivity contribution < 1.29 is 10.0 Å². The van der Waals surface area contributed by atoms with Gasteiger partial charge in [-0.3, -0.25) is 10.1 Å². The second kappa shape index (κ2) is 5.58. The van der Waals surface area contributed by atoms with Gasteiger partial charge in [0, 0.05) is 6.54 Å². The van der Waals surface area contributed by atoms with Crippen molar-refractivity contribution in [1.29, 1.82) is 0 Å². The van der Waals surface area contributed by atoms with Crippen LogP contribution in [-0.2, 0) is 0 Å². The fraction of sp³-hybridized carbons (Fsp3) is 0.600. The van der Waals surface area contributed by atoms with Crippen LogP contribution in [0.5, 0.6) is 0 Å². The Kier molecular flexibility index (Phi) is 4.38. The summed E-state index contributed by atoms with van der Waals surface area (Å²) in [6, 6.07) is 0. The van der Waals surface area contributed by atoms with Gasteiger partial charge in [-0.1, -0.05) is 13.3 Å². The summed E-state index contributed by atoms with van der Waals surface area (Å²) in [5.41, 5.74) is 4.16. The van der Waals surface area contributed by atoms with Gasteiger partial charge >= 0.3 is 5.69 Å². The van der Waals surface area contributed by atoms with Crippen LogP contribution in [-0.4, -0.2) is 32.1 Å². The lowest BCUT2D eigenvalue weighted by Gasteiger charge is -2.23. The highest BCUT2D eigenvalue weighted by Gasteiger charge is 2.22. The van der Waals surface area contributed by atoms with Gasteiger partial charge in [-0.2, -0.15) is 4.98 Å². The number of hydrogen-bond acceptors (Lipinski definition) is 7. The molecule has 8 nitrogen and oxygen atoms in total. The van der Waals surface area contributed by atoms with Crippen LogP contribution in [0.1, 0.15) is 26.7 Å². The van der Waals surface area contributed by atoms with Crippen LogP contribution in [0.15, 0.2) is 6.20 Å². The van der Waals surface area contributed by atoms with E-state index in [4.69, 9.17) is 5.73 Å². The number of aliphatic hydroxyl groups is 1. The molecule has 0 saturated heterocycles. The Bertz CT molecular complexity index is 436. The largest absolute Gasteiger partial charge is 0.388 e. The maximum atomic E-state index is 10.8. The van der Waals surface area contributed by atoms with Crippen LogP contribution in [0.3, 0.4) is 0 Å². The van der Waals surface area contributed by atoms with E-state index in [1.807, 2.05) is 6.92 Å². The minimum absolute atomic E-state index is 0.0175. The van der Waals surface area contributed by atoms with E-state index in [2.05, 4.69) is 15.3 Å². The van der Waals surface area contributed by atoms with Gasteiger partial charge in [-0.05, 0) is 13.3 Å². The van der Waals surface area contributed by atoms with Crippen LogP contribution in [0.2, 0.25) is 0 Å². The first-order valence-corrected chi connectivity index (χ1v) is 5.59. The lowest BCUT2D eigenvalue weighted by molar-refractivity contribution is -0.384. The lowest BCUT2D eigenvalue weighted by atomic mass is 10.0. The van der Waals surface area contributed by atoms with Gasteiger partial charge in [0.2, 0.25) is 11.8 Å². The first-order valence-electron chi connectivity index (χ1n) is 5.59. The standard InChI is InChI=1S/C10H17N5O3/c1-3-4-10(2,16)6-13-8-7(15(17)18)5-12-9(11)14-8/h5,16H,3-4,6H2,1-2H3,(H3,11,12,13,14). The third-order valence-electron chi connectivity index (χ3n) is 2.41. The number of aromatic nitrogens is 2. The molecule has 8 heteroatoms. The summed E-state index contributed by atoms with van der Waals surface area (Å²) in [4.78, 5) is 17.5. The molecule has 0 fully saturated rings. The molecule has 0 radical (unpaired) electrons. The monoisotopic (exact) mass is 255 g/mol. The third kappa shape index (κ3) is 3.81. The average molecular weight is 255 g/mol. The van der Waals surface area contributed by atoms with Crippen molar-refractivity contribution >= 4 is 17.5 Å². The fourth-order valence-corrected chi connectivity index (χ4v) is 1.55. The lowest BCUT2D eigenvalue weighted by Crippen LogP contribution is -2.33. The zero-order valence-corrected chi connectivity index (χ0v) is 10.4. The van der Waals surface area contributed by atoms with E-state index in [1.165, 1.54) is 0 Å². The Morgan fingerprint density at radius 3 is 2.89 bits per heavy atom. The molecule has 0 spiro atoms. The van der Waals surface area contributed by atoms with Gasteiger partial charge in [0.15, 0.2) is 0 Å². The van der Waals surface area contributed by atoms with E-state index in [0.717, 1.165) is 12.6 Å². The molecule has 0 bridgehead atoms. The predicted octanol–water partition coefficient (Wildman–Crippen LogP) is 0.930. The van der Waals surface area contributed by atoms with Gasteiger partial charge in [-0.25, -0.2) is 4.98 Å². The van der Waals surface area contributed by atoms with Crippen LogP contribution < -0.4 is 11.1 Å². The normalized spacial score (nSPS) is 13.9. The first-order chi connectivity index (χ1) is 8.35. The fourth-order valence-electron chi connectivity index (χ4n) is 1.55. The summed E-state index contributed by atoms with van der Waals surface area (Å²) in [6.07, 6.45) is 2.43.